The lowest BCUT2D eigenvalue weighted by Crippen LogP contribution is -1.87. The Kier molecular flexibility index (Phi) is 3.41. The van der Waals surface area contributed by atoms with E-state index >= 15 is 0 Å². The van der Waals surface area contributed by atoms with Gasteiger partial charge < -0.3 is 0 Å². The maximum absolute atomic E-state index is 9.60. The number of aromatic nitrogens is 2. The van der Waals surface area contributed by atoms with Crippen LogP contribution in [0.15, 0.2) is 170 Å². The Labute approximate surface area is 338 Å². The van der Waals surface area contributed by atoms with Gasteiger partial charge in [0, 0.05) is 35.8 Å². The molecule has 52 heavy (non-hydrogen) atoms. The second-order valence-corrected chi connectivity index (χ2v) is 13.7. The summed E-state index contributed by atoms with van der Waals surface area (Å²) in [5.74, 6) is 0. The highest BCUT2D eigenvalue weighted by Gasteiger charge is 2.16. The lowest BCUT2D eigenvalue weighted by molar-refractivity contribution is 1.24. The largest absolute Gasteiger partial charge is 0.235 e. The molecule has 242 valence electrons. The number of thiophene rings is 2. The molecule has 11 rings (SSSR count). The van der Waals surface area contributed by atoms with Crippen LogP contribution >= 0.6 is 22.7 Å². The molecule has 0 aliphatic heterocycles. The fourth-order valence-electron chi connectivity index (χ4n) is 6.18. The summed E-state index contributed by atoms with van der Waals surface area (Å²) in [6.07, 6.45) is 1.21. The van der Waals surface area contributed by atoms with Gasteiger partial charge in [0.25, 0.3) is 0 Å². The first kappa shape index (κ1) is 15.2. The minimum Gasteiger partial charge on any atom is -0.235 e. The van der Waals surface area contributed by atoms with E-state index in [1.807, 2.05) is 0 Å². The van der Waals surface area contributed by atoms with Crippen LogP contribution in [-0.4, -0.2) is 9.97 Å². The summed E-state index contributed by atoms with van der Waals surface area (Å²) >= 11 is 2.05. The van der Waals surface area contributed by atoms with Crippen LogP contribution in [0.2, 0.25) is 0 Å². The van der Waals surface area contributed by atoms with Crippen molar-refractivity contribution in [3.63, 3.8) is 0 Å². The minimum absolute atomic E-state index is 0.0258. The number of nitrogens with zero attached hydrogens (tertiary/aromatic N) is 2. The van der Waals surface area contributed by atoms with Gasteiger partial charge in [-0.2, -0.15) is 0 Å². The quantitative estimate of drug-likeness (QED) is 0.181. The molecule has 3 aromatic heterocycles. The van der Waals surface area contributed by atoms with Crippen LogP contribution < -0.4 is 0 Å². The molecule has 4 heteroatoms. The molecule has 3 heterocycles. The predicted molar refractivity (Wildman–Crippen MR) is 225 cm³/mol. The topological polar surface area (TPSA) is 25.8 Å². The normalized spacial score (nSPS) is 17.8. The Morgan fingerprint density at radius 1 is 0.442 bits per heavy atom. The van der Waals surface area contributed by atoms with Crippen molar-refractivity contribution in [3.05, 3.63) is 170 Å². The first-order chi connectivity index (χ1) is 34.9. The Morgan fingerprint density at radius 2 is 1.17 bits per heavy atom. The van der Waals surface area contributed by atoms with Gasteiger partial charge in [-0.1, -0.05) is 121 Å². The van der Waals surface area contributed by atoms with E-state index in [0.717, 1.165) is 17.4 Å². The van der Waals surface area contributed by atoms with E-state index in [4.69, 9.17) is 26.0 Å². The van der Waals surface area contributed by atoms with E-state index in [1.165, 1.54) is 23.7 Å². The molecule has 0 saturated heterocycles. The zero-order chi connectivity index (χ0) is 53.3. The van der Waals surface area contributed by atoms with E-state index in [0.29, 0.717) is 25.9 Å². The SMILES string of the molecule is [2H]c1cc([2H])c(-c2c([2H])c([2H])c([2H])c3c2sc2c([2H])c([2H])c([2H])c([2H])c23)c([2H])c1-c1ncnc2c1sc1ccc(-c3cc([2H])c4c([2H])c(-c5c([2H])c([2H])c6c([2H])c([2H])c([2H])c([2H])c6c5[2H])c([2H])c([2H])c4c3[2H])cc12. The van der Waals surface area contributed by atoms with E-state index in [2.05, 4.69) is 9.97 Å². The lowest BCUT2D eigenvalue weighted by Gasteiger charge is -2.08. The van der Waals surface area contributed by atoms with Gasteiger partial charge in [-0.25, -0.2) is 9.97 Å². The van der Waals surface area contributed by atoms with E-state index in [-0.39, 0.29) is 89.1 Å². The Hall–Kier alpha value is -6.20. The van der Waals surface area contributed by atoms with Crippen LogP contribution in [0.3, 0.4) is 0 Å². The van der Waals surface area contributed by atoms with Gasteiger partial charge in [0.1, 0.15) is 6.33 Å². The van der Waals surface area contributed by atoms with Gasteiger partial charge in [-0.15, -0.1) is 22.7 Å². The summed E-state index contributed by atoms with van der Waals surface area (Å²) < 4.78 is 195. The van der Waals surface area contributed by atoms with Crippen LogP contribution in [0.4, 0.5) is 0 Å². The van der Waals surface area contributed by atoms with E-state index < -0.39 is 125 Å². The third-order valence-corrected chi connectivity index (χ3v) is 10.9. The fourth-order valence-corrected chi connectivity index (χ4v) is 8.38. The molecule has 0 aliphatic carbocycles. The summed E-state index contributed by atoms with van der Waals surface area (Å²) in [5.41, 5.74) is -0.472. The summed E-state index contributed by atoms with van der Waals surface area (Å²) in [4.78, 5) is 9.06. The highest BCUT2D eigenvalue weighted by molar-refractivity contribution is 7.26. The standard InChI is InChI=1S/C48H28N2S2/c1-2-8-30-23-31(16-15-29(30)7-1)32-17-18-34-25-35(20-19-33(34)24-32)36-21-22-44-42(27-36)46-48(52-44)45(49-28-50-46)38-10-5-9-37(26-38)39-12-6-13-41-40-11-3-4-14-43(40)51-47(39)41/h1-28H/i1D,2D,3D,4D,6D,7D,8D,9D,10D,11D,12D,13D,14D,15D,16D,17D,18D,19D,23D,24D,25D,26D. The molecule has 0 atom stereocenters. The number of benzene rings is 8. The van der Waals surface area contributed by atoms with Gasteiger partial charge in [-0.05, 0) is 97.3 Å². The summed E-state index contributed by atoms with van der Waals surface area (Å²) in [6, 6.07) is -4.50. The highest BCUT2D eigenvalue weighted by Crippen LogP contribution is 2.43. The monoisotopic (exact) mass is 718 g/mol. The first-order valence-corrected chi connectivity index (χ1v) is 17.3. The smallest absolute Gasteiger partial charge is 0.116 e. The van der Waals surface area contributed by atoms with Gasteiger partial charge >= 0.3 is 0 Å². The van der Waals surface area contributed by atoms with Gasteiger partial charge in [-0.3, -0.25) is 0 Å². The van der Waals surface area contributed by atoms with Gasteiger partial charge in [0.2, 0.25) is 0 Å². The van der Waals surface area contributed by atoms with Gasteiger partial charge in [0.15, 0.2) is 0 Å². The Balaban J connectivity index is 1.08. The molecule has 0 aliphatic rings. The average molecular weight is 719 g/mol. The minimum atomic E-state index is -0.725. The molecule has 0 fully saturated rings. The zero-order valence-electron chi connectivity index (χ0n) is 48.2. The van der Waals surface area contributed by atoms with Crippen molar-refractivity contribution in [2.45, 2.75) is 0 Å². The molecular weight excluding hydrogens is 669 g/mol. The first-order valence-electron chi connectivity index (χ1n) is 26.7. The van der Waals surface area contributed by atoms with Crippen LogP contribution in [-0.2, 0) is 0 Å². The maximum Gasteiger partial charge on any atom is 0.116 e. The maximum atomic E-state index is 9.60. The number of rotatable bonds is 4. The van der Waals surface area contributed by atoms with Crippen LogP contribution in [0, 0.1) is 0 Å². The van der Waals surface area contributed by atoms with Crippen molar-refractivity contribution in [1.29, 1.82) is 0 Å². The molecule has 0 radical (unpaired) electrons. The third kappa shape index (κ3) is 4.76. The molecule has 0 bridgehead atoms. The average Bonchev–Trinajstić information content (AvgIpc) is 3.98. The number of hydrogen-bond acceptors (Lipinski definition) is 4. The van der Waals surface area contributed by atoms with Gasteiger partial charge in [0.05, 0.1) is 46.1 Å². The lowest BCUT2D eigenvalue weighted by atomic mass is 9.96. The highest BCUT2D eigenvalue weighted by atomic mass is 32.1. The van der Waals surface area contributed by atoms with Crippen molar-refractivity contribution in [2.75, 3.05) is 0 Å². The van der Waals surface area contributed by atoms with E-state index in [9.17, 15) is 4.11 Å². The molecule has 8 aromatic carbocycles. The predicted octanol–water partition coefficient (Wildman–Crippen LogP) is 14.2. The van der Waals surface area contributed by atoms with Crippen molar-refractivity contribution in [1.82, 2.24) is 9.97 Å². The van der Waals surface area contributed by atoms with Crippen molar-refractivity contribution >= 4 is 84.7 Å². The second kappa shape index (κ2) is 11.7. The van der Waals surface area contributed by atoms with Crippen LogP contribution in [0.25, 0.3) is 107 Å². The van der Waals surface area contributed by atoms with Crippen molar-refractivity contribution < 1.29 is 30.2 Å². The number of fused-ring (bicyclic) bond motifs is 8. The number of hydrogen-bond donors (Lipinski definition) is 0. The summed E-state index contributed by atoms with van der Waals surface area (Å²) in [7, 11) is 0. The molecule has 0 unspecified atom stereocenters. The molecule has 2 nitrogen and oxygen atoms in total. The van der Waals surface area contributed by atoms with Crippen LogP contribution in [0.1, 0.15) is 30.2 Å². The Morgan fingerprint density at radius 3 is 2.10 bits per heavy atom. The fraction of sp³-hybridized carbons (Fsp3) is 0. The third-order valence-electron chi connectivity index (χ3n) is 8.60. The molecule has 0 amide bonds. The zero-order valence-corrected chi connectivity index (χ0v) is 27.8. The van der Waals surface area contributed by atoms with Crippen LogP contribution in [0.5, 0.6) is 0 Å². The molecule has 0 N–H and O–H groups in total. The summed E-state index contributed by atoms with van der Waals surface area (Å²) in [5, 5.41) is -0.890. The molecule has 0 spiro atoms. The van der Waals surface area contributed by atoms with E-state index in [1.54, 1.807) is 18.2 Å². The van der Waals surface area contributed by atoms with Crippen molar-refractivity contribution in [3.8, 4) is 44.6 Å². The summed E-state index contributed by atoms with van der Waals surface area (Å²) in [6.45, 7) is 0. The molecular formula is C48H28N2S2. The molecule has 11 aromatic rings. The Bertz CT molecular complexity index is 4470. The molecule has 0 saturated carbocycles. The van der Waals surface area contributed by atoms with Crippen molar-refractivity contribution in [2.24, 2.45) is 0 Å². The second-order valence-electron chi connectivity index (χ2n) is 11.6.